The van der Waals surface area contributed by atoms with Crippen LogP contribution in [0.25, 0.3) is 0 Å². The summed E-state index contributed by atoms with van der Waals surface area (Å²) in [6.07, 6.45) is 2.95. The first-order valence-corrected chi connectivity index (χ1v) is 5.01. The van der Waals surface area contributed by atoms with E-state index in [0.29, 0.717) is 11.1 Å². The lowest BCUT2D eigenvalue weighted by Gasteiger charge is -2.00. The standard InChI is InChI=1S/C12H10F2N2O/c1-16-7-9(6-15-16)12(17)4-8-2-10(13)5-11(14)3-8/h2-3,5-7H,4H2,1H3. The normalized spacial score (nSPS) is 10.5. The molecule has 0 spiro atoms. The van der Waals surface area contributed by atoms with E-state index in [9.17, 15) is 13.6 Å². The van der Waals surface area contributed by atoms with E-state index in [-0.39, 0.29) is 12.2 Å². The van der Waals surface area contributed by atoms with Crippen LogP contribution in [0.15, 0.2) is 30.6 Å². The van der Waals surface area contributed by atoms with E-state index < -0.39 is 11.6 Å². The van der Waals surface area contributed by atoms with Crippen LogP contribution >= 0.6 is 0 Å². The van der Waals surface area contributed by atoms with Gasteiger partial charge in [0.05, 0.1) is 11.8 Å². The van der Waals surface area contributed by atoms with Gasteiger partial charge in [0.1, 0.15) is 11.6 Å². The van der Waals surface area contributed by atoms with E-state index >= 15 is 0 Å². The third-order valence-electron chi connectivity index (χ3n) is 2.31. The van der Waals surface area contributed by atoms with E-state index in [0.717, 1.165) is 18.2 Å². The van der Waals surface area contributed by atoms with Gasteiger partial charge in [0.2, 0.25) is 0 Å². The van der Waals surface area contributed by atoms with Gasteiger partial charge in [-0.3, -0.25) is 9.48 Å². The first-order chi connectivity index (χ1) is 8.04. The summed E-state index contributed by atoms with van der Waals surface area (Å²) in [6.45, 7) is 0. The minimum atomic E-state index is -0.681. The Kier molecular flexibility index (Phi) is 2.99. The van der Waals surface area contributed by atoms with Crippen LogP contribution in [0.3, 0.4) is 0 Å². The summed E-state index contributed by atoms with van der Waals surface area (Å²) in [5, 5.41) is 3.86. The molecule has 0 fully saturated rings. The van der Waals surface area contributed by atoms with Crippen LogP contribution in [0.5, 0.6) is 0 Å². The highest BCUT2D eigenvalue weighted by Gasteiger charge is 2.10. The Labute approximate surface area is 96.7 Å². The average molecular weight is 236 g/mol. The summed E-state index contributed by atoms with van der Waals surface area (Å²) >= 11 is 0. The monoisotopic (exact) mass is 236 g/mol. The average Bonchev–Trinajstić information content (AvgIpc) is 2.63. The zero-order chi connectivity index (χ0) is 12.4. The largest absolute Gasteiger partial charge is 0.294 e. The summed E-state index contributed by atoms with van der Waals surface area (Å²) in [5.74, 6) is -1.58. The maximum absolute atomic E-state index is 12.9. The number of carbonyl (C=O) groups is 1. The van der Waals surface area contributed by atoms with Crippen molar-refractivity contribution in [2.24, 2.45) is 7.05 Å². The highest BCUT2D eigenvalue weighted by molar-refractivity contribution is 5.97. The Hall–Kier alpha value is -2.04. The second-order valence-corrected chi connectivity index (χ2v) is 3.78. The van der Waals surface area contributed by atoms with Crippen molar-refractivity contribution in [3.05, 3.63) is 53.4 Å². The number of rotatable bonds is 3. The number of benzene rings is 1. The van der Waals surface area contributed by atoms with Crippen molar-refractivity contribution in [2.45, 2.75) is 6.42 Å². The van der Waals surface area contributed by atoms with Crippen LogP contribution in [0.2, 0.25) is 0 Å². The van der Waals surface area contributed by atoms with Gasteiger partial charge < -0.3 is 0 Å². The van der Waals surface area contributed by atoms with Gasteiger partial charge in [-0.15, -0.1) is 0 Å². The van der Waals surface area contributed by atoms with Crippen LogP contribution in [0.1, 0.15) is 15.9 Å². The zero-order valence-corrected chi connectivity index (χ0v) is 9.15. The Balaban J connectivity index is 2.18. The molecule has 0 atom stereocenters. The van der Waals surface area contributed by atoms with Crippen LogP contribution in [-0.2, 0) is 13.5 Å². The maximum Gasteiger partial charge on any atom is 0.170 e. The van der Waals surface area contributed by atoms with E-state index in [2.05, 4.69) is 5.10 Å². The van der Waals surface area contributed by atoms with Crippen molar-refractivity contribution in [1.82, 2.24) is 9.78 Å². The molecule has 2 aromatic rings. The fourth-order valence-corrected chi connectivity index (χ4v) is 1.57. The minimum Gasteiger partial charge on any atom is -0.294 e. The number of nitrogens with zero attached hydrogens (tertiary/aromatic N) is 2. The fourth-order valence-electron chi connectivity index (χ4n) is 1.57. The molecular weight excluding hydrogens is 226 g/mol. The number of halogens is 2. The molecule has 0 aliphatic carbocycles. The van der Waals surface area contributed by atoms with E-state index in [4.69, 9.17) is 0 Å². The number of aryl methyl sites for hydroxylation is 1. The lowest BCUT2D eigenvalue weighted by atomic mass is 10.1. The molecule has 3 nitrogen and oxygen atoms in total. The summed E-state index contributed by atoms with van der Waals surface area (Å²) in [6, 6.07) is 3.08. The van der Waals surface area contributed by atoms with Crippen molar-refractivity contribution in [3.63, 3.8) is 0 Å². The summed E-state index contributed by atoms with van der Waals surface area (Å²) in [7, 11) is 1.69. The van der Waals surface area contributed by atoms with Crippen LogP contribution in [0.4, 0.5) is 8.78 Å². The molecule has 0 aliphatic rings. The second kappa shape index (κ2) is 4.45. The molecule has 2 rings (SSSR count). The second-order valence-electron chi connectivity index (χ2n) is 3.78. The van der Waals surface area contributed by atoms with Crippen LogP contribution in [-0.4, -0.2) is 15.6 Å². The van der Waals surface area contributed by atoms with E-state index in [1.807, 2.05) is 0 Å². The molecular formula is C12H10F2N2O. The first kappa shape index (κ1) is 11.4. The molecule has 88 valence electrons. The molecule has 0 saturated heterocycles. The molecule has 1 aromatic heterocycles. The predicted octanol–water partition coefficient (Wildman–Crippen LogP) is 2.12. The molecule has 0 bridgehead atoms. The number of Topliss-reactive ketones (excluding diaryl/α,β-unsaturated/α-hetero) is 1. The van der Waals surface area contributed by atoms with Gasteiger partial charge in [-0.25, -0.2) is 8.78 Å². The molecule has 1 aromatic carbocycles. The van der Waals surface area contributed by atoms with Crippen molar-refractivity contribution >= 4 is 5.78 Å². The lowest BCUT2D eigenvalue weighted by molar-refractivity contribution is 0.0993. The molecule has 1 heterocycles. The Bertz CT molecular complexity index is 543. The molecule has 0 unspecified atom stereocenters. The summed E-state index contributed by atoms with van der Waals surface area (Å²) in [5.41, 5.74) is 0.744. The smallest absolute Gasteiger partial charge is 0.170 e. The SMILES string of the molecule is Cn1cc(C(=O)Cc2cc(F)cc(F)c2)cn1. The third-order valence-corrected chi connectivity index (χ3v) is 2.31. The number of carbonyl (C=O) groups excluding carboxylic acids is 1. The van der Waals surface area contributed by atoms with Gasteiger partial charge in [0.15, 0.2) is 5.78 Å². The van der Waals surface area contributed by atoms with Gasteiger partial charge in [-0.05, 0) is 17.7 Å². The topological polar surface area (TPSA) is 34.9 Å². The molecule has 17 heavy (non-hydrogen) atoms. The van der Waals surface area contributed by atoms with Crippen LogP contribution in [0, 0.1) is 11.6 Å². The van der Waals surface area contributed by atoms with E-state index in [1.54, 1.807) is 13.2 Å². The number of ketones is 1. The zero-order valence-electron chi connectivity index (χ0n) is 9.15. The molecule has 0 aliphatic heterocycles. The summed E-state index contributed by atoms with van der Waals surface area (Å²) in [4.78, 5) is 11.8. The first-order valence-electron chi connectivity index (χ1n) is 5.01. The predicted molar refractivity (Wildman–Crippen MR) is 57.6 cm³/mol. The van der Waals surface area contributed by atoms with Crippen molar-refractivity contribution in [2.75, 3.05) is 0 Å². The van der Waals surface area contributed by atoms with Crippen molar-refractivity contribution in [3.8, 4) is 0 Å². The van der Waals surface area contributed by atoms with E-state index in [1.165, 1.54) is 10.9 Å². The number of aromatic nitrogens is 2. The Morgan fingerprint density at radius 3 is 2.47 bits per heavy atom. The van der Waals surface area contributed by atoms with Gasteiger partial charge in [-0.2, -0.15) is 5.10 Å². The number of hydrogen-bond acceptors (Lipinski definition) is 2. The van der Waals surface area contributed by atoms with Gasteiger partial charge in [0.25, 0.3) is 0 Å². The summed E-state index contributed by atoms with van der Waals surface area (Å²) < 4.78 is 27.3. The van der Waals surface area contributed by atoms with Gasteiger partial charge >= 0.3 is 0 Å². The molecule has 0 amide bonds. The molecule has 0 saturated carbocycles. The lowest BCUT2D eigenvalue weighted by Crippen LogP contribution is -2.03. The highest BCUT2D eigenvalue weighted by atomic mass is 19.1. The Morgan fingerprint density at radius 1 is 1.29 bits per heavy atom. The molecule has 0 N–H and O–H groups in total. The maximum atomic E-state index is 12.9. The van der Waals surface area contributed by atoms with Crippen molar-refractivity contribution < 1.29 is 13.6 Å². The van der Waals surface area contributed by atoms with Gasteiger partial charge in [-0.1, -0.05) is 0 Å². The van der Waals surface area contributed by atoms with Crippen molar-refractivity contribution in [1.29, 1.82) is 0 Å². The minimum absolute atomic E-state index is 0.0413. The van der Waals surface area contributed by atoms with Gasteiger partial charge in [0, 0.05) is 25.7 Å². The fraction of sp³-hybridized carbons (Fsp3) is 0.167. The van der Waals surface area contributed by atoms with Crippen LogP contribution < -0.4 is 0 Å². The quantitative estimate of drug-likeness (QED) is 0.765. The molecule has 5 heteroatoms. The third kappa shape index (κ3) is 2.75. The molecule has 0 radical (unpaired) electrons. The highest BCUT2D eigenvalue weighted by Crippen LogP contribution is 2.11. The number of hydrogen-bond donors (Lipinski definition) is 0. The Morgan fingerprint density at radius 2 is 1.94 bits per heavy atom.